The minimum absolute atomic E-state index is 0.146. The van der Waals surface area contributed by atoms with Gasteiger partial charge in [0.2, 0.25) is 0 Å². The molecule has 0 spiro atoms. The second-order valence-corrected chi connectivity index (χ2v) is 5.52. The van der Waals surface area contributed by atoms with Gasteiger partial charge in [-0.2, -0.15) is 0 Å². The first-order valence-electron chi connectivity index (χ1n) is 6.47. The summed E-state index contributed by atoms with van der Waals surface area (Å²) in [6.45, 7) is 6.42. The summed E-state index contributed by atoms with van der Waals surface area (Å²) >= 11 is 0. The molecule has 0 radical (unpaired) electrons. The first kappa shape index (κ1) is 14.2. The van der Waals surface area contributed by atoms with Crippen molar-refractivity contribution in [2.45, 2.75) is 52.0 Å². The molecule has 0 saturated heterocycles. The molecule has 0 fully saturated rings. The van der Waals surface area contributed by atoms with Gasteiger partial charge in [-0.3, -0.25) is 0 Å². The molecule has 0 heterocycles. The van der Waals surface area contributed by atoms with E-state index in [0.29, 0.717) is 12.3 Å². The Morgan fingerprint density at radius 3 is 2.59 bits per heavy atom. The van der Waals surface area contributed by atoms with Gasteiger partial charge in [0.25, 0.3) is 0 Å². The lowest BCUT2D eigenvalue weighted by Gasteiger charge is -2.28. The molecule has 0 bridgehead atoms. The predicted octanol–water partition coefficient (Wildman–Crippen LogP) is 3.91. The maximum atomic E-state index is 13.5. The van der Waals surface area contributed by atoms with E-state index in [0.717, 1.165) is 12.0 Å². The highest BCUT2D eigenvalue weighted by Crippen LogP contribution is 2.23. The van der Waals surface area contributed by atoms with Gasteiger partial charge in [0.1, 0.15) is 5.82 Å². The van der Waals surface area contributed by atoms with Gasteiger partial charge >= 0.3 is 0 Å². The van der Waals surface area contributed by atoms with Crippen molar-refractivity contribution in [3.8, 4) is 0 Å². The van der Waals surface area contributed by atoms with Gasteiger partial charge < -0.3 is 5.73 Å². The number of nitrogens with two attached hydrogens (primary N) is 1. The Kier molecular flexibility index (Phi) is 5.13. The zero-order valence-electron chi connectivity index (χ0n) is 11.2. The van der Waals surface area contributed by atoms with Crippen LogP contribution in [0.25, 0.3) is 0 Å². The second-order valence-electron chi connectivity index (χ2n) is 5.52. The summed E-state index contributed by atoms with van der Waals surface area (Å²) in [6.07, 6.45) is 3.91. The van der Waals surface area contributed by atoms with Crippen molar-refractivity contribution in [2.24, 2.45) is 11.7 Å². The highest BCUT2D eigenvalue weighted by atomic mass is 19.1. The molecule has 1 nitrogen and oxygen atoms in total. The summed E-state index contributed by atoms with van der Waals surface area (Å²) in [5.41, 5.74) is 6.68. The number of hydrogen-bond donors (Lipinski definition) is 1. The molecule has 2 N–H and O–H groups in total. The summed E-state index contributed by atoms with van der Waals surface area (Å²) in [6, 6.07) is 6.90. The summed E-state index contributed by atoms with van der Waals surface area (Å²) in [4.78, 5) is 0. The van der Waals surface area contributed by atoms with Crippen LogP contribution in [0.1, 0.15) is 45.6 Å². The summed E-state index contributed by atoms with van der Waals surface area (Å²) in [7, 11) is 0. The van der Waals surface area contributed by atoms with Crippen molar-refractivity contribution < 1.29 is 4.39 Å². The molecular formula is C15H24FN. The molecule has 0 aromatic heterocycles. The highest BCUT2D eigenvalue weighted by molar-refractivity contribution is 5.19. The van der Waals surface area contributed by atoms with Crippen molar-refractivity contribution in [3.63, 3.8) is 0 Å². The van der Waals surface area contributed by atoms with Gasteiger partial charge in [0, 0.05) is 5.54 Å². The smallest absolute Gasteiger partial charge is 0.126 e. The molecule has 1 aromatic carbocycles. The molecule has 1 aromatic rings. The second kappa shape index (κ2) is 6.15. The molecule has 2 heteroatoms. The molecule has 17 heavy (non-hydrogen) atoms. The van der Waals surface area contributed by atoms with E-state index in [2.05, 4.69) is 13.8 Å². The van der Waals surface area contributed by atoms with Crippen LogP contribution in [-0.2, 0) is 6.42 Å². The zero-order valence-corrected chi connectivity index (χ0v) is 11.2. The van der Waals surface area contributed by atoms with E-state index in [9.17, 15) is 4.39 Å². The topological polar surface area (TPSA) is 26.0 Å². The fourth-order valence-corrected chi connectivity index (χ4v) is 2.54. The SMILES string of the molecule is CCCC(C)CC(C)(N)Cc1ccccc1F. The van der Waals surface area contributed by atoms with Crippen LogP contribution in [-0.4, -0.2) is 5.54 Å². The van der Waals surface area contributed by atoms with Gasteiger partial charge in [-0.15, -0.1) is 0 Å². The van der Waals surface area contributed by atoms with Gasteiger partial charge in [0.05, 0.1) is 0 Å². The minimum Gasteiger partial charge on any atom is -0.325 e. The van der Waals surface area contributed by atoms with E-state index in [4.69, 9.17) is 5.73 Å². The number of halogens is 1. The van der Waals surface area contributed by atoms with Crippen LogP contribution < -0.4 is 5.73 Å². The van der Waals surface area contributed by atoms with Gasteiger partial charge in [-0.1, -0.05) is 44.9 Å². The van der Waals surface area contributed by atoms with E-state index >= 15 is 0 Å². The molecule has 1 rings (SSSR count). The molecule has 2 unspecified atom stereocenters. The van der Waals surface area contributed by atoms with E-state index < -0.39 is 0 Å². The van der Waals surface area contributed by atoms with Crippen molar-refractivity contribution in [3.05, 3.63) is 35.6 Å². The molecule has 2 atom stereocenters. The first-order chi connectivity index (χ1) is 7.94. The standard InChI is InChI=1S/C15H24FN/c1-4-7-12(2)10-15(3,17)11-13-8-5-6-9-14(13)16/h5-6,8-9,12H,4,7,10-11,17H2,1-3H3. The lowest BCUT2D eigenvalue weighted by molar-refractivity contribution is 0.334. The fraction of sp³-hybridized carbons (Fsp3) is 0.600. The molecule has 0 saturated carbocycles. The number of hydrogen-bond acceptors (Lipinski definition) is 1. The Morgan fingerprint density at radius 2 is 2.00 bits per heavy atom. The number of benzene rings is 1. The van der Waals surface area contributed by atoms with Crippen LogP contribution in [0.3, 0.4) is 0 Å². The number of rotatable bonds is 6. The summed E-state index contributed by atoms with van der Waals surface area (Å²) in [5.74, 6) is 0.453. The van der Waals surface area contributed by atoms with Crippen molar-refractivity contribution in [1.82, 2.24) is 0 Å². The Bertz CT molecular complexity index is 347. The Balaban J connectivity index is 2.63. The van der Waals surface area contributed by atoms with Crippen LogP contribution >= 0.6 is 0 Å². The molecule has 0 aliphatic heterocycles. The molecule has 96 valence electrons. The fourth-order valence-electron chi connectivity index (χ4n) is 2.54. The molecular weight excluding hydrogens is 213 g/mol. The average molecular weight is 237 g/mol. The van der Waals surface area contributed by atoms with Crippen molar-refractivity contribution in [1.29, 1.82) is 0 Å². The third kappa shape index (κ3) is 4.86. The Morgan fingerprint density at radius 1 is 1.35 bits per heavy atom. The zero-order chi connectivity index (χ0) is 12.9. The monoisotopic (exact) mass is 237 g/mol. The maximum Gasteiger partial charge on any atom is 0.126 e. The van der Waals surface area contributed by atoms with Crippen LogP contribution in [0.15, 0.2) is 24.3 Å². The Labute approximate surface area is 104 Å². The lowest BCUT2D eigenvalue weighted by Crippen LogP contribution is -2.40. The Hall–Kier alpha value is -0.890. The largest absolute Gasteiger partial charge is 0.325 e. The molecule has 0 aliphatic rings. The van der Waals surface area contributed by atoms with Gasteiger partial charge in [-0.05, 0) is 37.3 Å². The maximum absolute atomic E-state index is 13.5. The first-order valence-corrected chi connectivity index (χ1v) is 6.47. The summed E-state index contributed by atoms with van der Waals surface area (Å²) < 4.78 is 13.5. The summed E-state index contributed by atoms with van der Waals surface area (Å²) in [5, 5.41) is 0. The lowest BCUT2D eigenvalue weighted by atomic mass is 9.84. The normalized spacial score (nSPS) is 16.5. The van der Waals surface area contributed by atoms with Crippen molar-refractivity contribution >= 4 is 0 Å². The minimum atomic E-state index is -0.323. The average Bonchev–Trinajstić information content (AvgIpc) is 2.20. The van der Waals surface area contributed by atoms with Crippen LogP contribution in [0.5, 0.6) is 0 Å². The molecule has 0 aliphatic carbocycles. The van der Waals surface area contributed by atoms with E-state index in [1.54, 1.807) is 6.07 Å². The molecule has 0 amide bonds. The van der Waals surface area contributed by atoms with Gasteiger partial charge in [0.15, 0.2) is 0 Å². The van der Waals surface area contributed by atoms with Crippen LogP contribution in [0.2, 0.25) is 0 Å². The predicted molar refractivity (Wildman–Crippen MR) is 71.4 cm³/mol. The quantitative estimate of drug-likeness (QED) is 0.797. The third-order valence-electron chi connectivity index (χ3n) is 3.15. The highest BCUT2D eigenvalue weighted by Gasteiger charge is 2.23. The van der Waals surface area contributed by atoms with Crippen LogP contribution in [0.4, 0.5) is 4.39 Å². The van der Waals surface area contributed by atoms with Crippen molar-refractivity contribution in [2.75, 3.05) is 0 Å². The van der Waals surface area contributed by atoms with Gasteiger partial charge in [-0.25, -0.2) is 4.39 Å². The van der Waals surface area contributed by atoms with E-state index in [1.165, 1.54) is 18.9 Å². The van der Waals surface area contributed by atoms with E-state index in [-0.39, 0.29) is 11.4 Å². The van der Waals surface area contributed by atoms with Crippen LogP contribution in [0, 0.1) is 11.7 Å². The third-order valence-corrected chi connectivity index (χ3v) is 3.15. The van der Waals surface area contributed by atoms with E-state index in [1.807, 2.05) is 19.1 Å².